The van der Waals surface area contributed by atoms with E-state index in [0.29, 0.717) is 29.5 Å². The molecule has 1 unspecified atom stereocenters. The van der Waals surface area contributed by atoms with E-state index in [1.807, 2.05) is 6.07 Å². The molecule has 1 aromatic rings. The molecule has 21 heavy (non-hydrogen) atoms. The summed E-state index contributed by atoms with van der Waals surface area (Å²) in [5.41, 5.74) is 1.87. The Balaban J connectivity index is 2.36. The number of carbonyl (C=O) groups excluding carboxylic acids is 1. The third kappa shape index (κ3) is 2.94. The van der Waals surface area contributed by atoms with Crippen molar-refractivity contribution in [3.63, 3.8) is 0 Å². The van der Waals surface area contributed by atoms with Crippen LogP contribution in [0.15, 0.2) is 12.1 Å². The number of hydrogen-bond donors (Lipinski definition) is 1. The predicted molar refractivity (Wildman–Crippen MR) is 81.7 cm³/mol. The number of nitrogens with zero attached hydrogens (tertiary/aromatic N) is 1. The van der Waals surface area contributed by atoms with Gasteiger partial charge in [-0.2, -0.15) is 0 Å². The number of likely N-dealkylation sites (tertiary alicyclic amines) is 1. The van der Waals surface area contributed by atoms with Crippen LogP contribution in [0.25, 0.3) is 0 Å². The van der Waals surface area contributed by atoms with Gasteiger partial charge in [-0.25, -0.2) is 4.79 Å². The van der Waals surface area contributed by atoms with E-state index < -0.39 is 5.97 Å². The van der Waals surface area contributed by atoms with Crippen molar-refractivity contribution >= 4 is 11.9 Å². The van der Waals surface area contributed by atoms with Crippen LogP contribution in [0.3, 0.4) is 0 Å². The maximum atomic E-state index is 12.8. The SMILES string of the molecule is Cc1ccc(C)c(C(=O)N2CCC(C(C)C)C2)c1C(=O)O. The Morgan fingerprint density at radius 2 is 1.76 bits per heavy atom. The summed E-state index contributed by atoms with van der Waals surface area (Å²) in [4.78, 5) is 26.1. The molecule has 1 fully saturated rings. The molecule has 1 heterocycles. The van der Waals surface area contributed by atoms with Crippen LogP contribution in [0.1, 0.15) is 52.1 Å². The first-order chi connectivity index (χ1) is 9.82. The highest BCUT2D eigenvalue weighted by Crippen LogP contribution is 2.27. The van der Waals surface area contributed by atoms with Crippen LogP contribution in [0, 0.1) is 25.7 Å². The fourth-order valence-electron chi connectivity index (χ4n) is 3.04. The van der Waals surface area contributed by atoms with Gasteiger partial charge in [0.1, 0.15) is 0 Å². The van der Waals surface area contributed by atoms with Gasteiger partial charge in [0.15, 0.2) is 0 Å². The van der Waals surface area contributed by atoms with Gasteiger partial charge in [0.05, 0.1) is 11.1 Å². The molecular formula is C17H23NO3. The predicted octanol–water partition coefficient (Wildman–Crippen LogP) is 3.12. The molecule has 0 aliphatic carbocycles. The number of aromatic carboxylic acids is 1. The smallest absolute Gasteiger partial charge is 0.336 e. The number of carboxylic acid groups (broad SMARTS) is 1. The van der Waals surface area contributed by atoms with Crippen molar-refractivity contribution in [1.29, 1.82) is 0 Å². The lowest BCUT2D eigenvalue weighted by Crippen LogP contribution is -2.31. The summed E-state index contributed by atoms with van der Waals surface area (Å²) in [5.74, 6) is -0.122. The first-order valence-electron chi connectivity index (χ1n) is 7.45. The van der Waals surface area contributed by atoms with Crippen LogP contribution in [-0.2, 0) is 0 Å². The van der Waals surface area contributed by atoms with Gasteiger partial charge >= 0.3 is 5.97 Å². The van der Waals surface area contributed by atoms with Crippen molar-refractivity contribution in [3.8, 4) is 0 Å². The maximum Gasteiger partial charge on any atom is 0.336 e. The van der Waals surface area contributed by atoms with E-state index in [1.54, 1.807) is 24.8 Å². The van der Waals surface area contributed by atoms with Crippen LogP contribution in [-0.4, -0.2) is 35.0 Å². The second-order valence-corrected chi connectivity index (χ2v) is 6.30. The van der Waals surface area contributed by atoms with E-state index in [2.05, 4.69) is 13.8 Å². The quantitative estimate of drug-likeness (QED) is 0.930. The average molecular weight is 289 g/mol. The molecule has 1 aromatic carbocycles. The number of hydrogen-bond acceptors (Lipinski definition) is 2. The second kappa shape index (κ2) is 5.88. The Hall–Kier alpha value is -1.84. The fraction of sp³-hybridized carbons (Fsp3) is 0.529. The molecule has 1 saturated heterocycles. The van der Waals surface area contributed by atoms with Gasteiger partial charge in [0.2, 0.25) is 0 Å². The molecular weight excluding hydrogens is 266 g/mol. The summed E-state index contributed by atoms with van der Waals surface area (Å²) in [7, 11) is 0. The second-order valence-electron chi connectivity index (χ2n) is 6.30. The van der Waals surface area contributed by atoms with Gasteiger partial charge < -0.3 is 10.0 Å². The molecule has 0 aromatic heterocycles. The van der Waals surface area contributed by atoms with E-state index in [9.17, 15) is 14.7 Å². The Morgan fingerprint density at radius 1 is 1.19 bits per heavy atom. The minimum atomic E-state index is -1.03. The van der Waals surface area contributed by atoms with Gasteiger partial charge in [-0.05, 0) is 43.2 Å². The summed E-state index contributed by atoms with van der Waals surface area (Å²) in [5, 5.41) is 9.43. The molecule has 1 amide bonds. The summed E-state index contributed by atoms with van der Waals surface area (Å²) >= 11 is 0. The van der Waals surface area contributed by atoms with Crippen molar-refractivity contribution in [1.82, 2.24) is 4.90 Å². The highest BCUT2D eigenvalue weighted by molar-refractivity contribution is 6.06. The minimum absolute atomic E-state index is 0.142. The van der Waals surface area contributed by atoms with Crippen LogP contribution < -0.4 is 0 Å². The molecule has 0 spiro atoms. The Morgan fingerprint density at radius 3 is 2.24 bits per heavy atom. The number of aryl methyl sites for hydroxylation is 2. The zero-order valence-electron chi connectivity index (χ0n) is 13.1. The molecule has 1 aliphatic rings. The van der Waals surface area contributed by atoms with Crippen molar-refractivity contribution in [3.05, 3.63) is 34.4 Å². The van der Waals surface area contributed by atoms with Gasteiger partial charge in [0.25, 0.3) is 5.91 Å². The standard InChI is InChI=1S/C17H23NO3/c1-10(2)13-7-8-18(9-13)16(19)14-11(3)5-6-12(4)15(14)17(20)21/h5-6,10,13H,7-9H2,1-4H3,(H,20,21). The number of carbonyl (C=O) groups is 2. The molecule has 1 N–H and O–H groups in total. The molecule has 0 bridgehead atoms. The summed E-state index contributed by atoms with van der Waals surface area (Å²) in [6, 6.07) is 3.58. The van der Waals surface area contributed by atoms with Gasteiger partial charge in [-0.1, -0.05) is 26.0 Å². The number of carboxylic acids is 1. The van der Waals surface area contributed by atoms with E-state index in [1.165, 1.54) is 0 Å². The normalized spacial score (nSPS) is 18.3. The summed E-state index contributed by atoms with van der Waals surface area (Å²) < 4.78 is 0. The van der Waals surface area contributed by atoms with Crippen LogP contribution >= 0.6 is 0 Å². The van der Waals surface area contributed by atoms with Crippen molar-refractivity contribution in [2.45, 2.75) is 34.1 Å². The third-order valence-corrected chi connectivity index (χ3v) is 4.50. The van der Waals surface area contributed by atoms with Gasteiger partial charge in [-0.3, -0.25) is 4.79 Å². The number of benzene rings is 1. The zero-order valence-corrected chi connectivity index (χ0v) is 13.1. The fourth-order valence-corrected chi connectivity index (χ4v) is 3.04. The lowest BCUT2D eigenvalue weighted by Gasteiger charge is -2.21. The van der Waals surface area contributed by atoms with Crippen molar-refractivity contribution in [2.75, 3.05) is 13.1 Å². The van der Waals surface area contributed by atoms with E-state index >= 15 is 0 Å². The molecule has 4 nitrogen and oxygen atoms in total. The lowest BCUT2D eigenvalue weighted by molar-refractivity contribution is 0.0678. The lowest BCUT2D eigenvalue weighted by atomic mass is 9.95. The Kier molecular flexibility index (Phi) is 4.35. The van der Waals surface area contributed by atoms with Crippen LogP contribution in [0.4, 0.5) is 0 Å². The first kappa shape index (κ1) is 15.5. The van der Waals surface area contributed by atoms with E-state index in [-0.39, 0.29) is 11.5 Å². The van der Waals surface area contributed by atoms with Crippen molar-refractivity contribution in [2.24, 2.45) is 11.8 Å². The Bertz CT molecular complexity index is 578. The molecule has 1 aliphatic heterocycles. The van der Waals surface area contributed by atoms with Crippen LogP contribution in [0.2, 0.25) is 0 Å². The monoisotopic (exact) mass is 289 g/mol. The van der Waals surface area contributed by atoms with Crippen LogP contribution in [0.5, 0.6) is 0 Å². The molecule has 0 saturated carbocycles. The largest absolute Gasteiger partial charge is 0.478 e. The number of amides is 1. The summed E-state index contributed by atoms with van der Waals surface area (Å²) in [6.07, 6.45) is 0.997. The minimum Gasteiger partial charge on any atom is -0.478 e. The highest BCUT2D eigenvalue weighted by atomic mass is 16.4. The van der Waals surface area contributed by atoms with Crippen molar-refractivity contribution < 1.29 is 14.7 Å². The third-order valence-electron chi connectivity index (χ3n) is 4.50. The van der Waals surface area contributed by atoms with Gasteiger partial charge in [-0.15, -0.1) is 0 Å². The zero-order chi connectivity index (χ0) is 15.7. The maximum absolute atomic E-state index is 12.8. The highest BCUT2D eigenvalue weighted by Gasteiger charge is 2.31. The van der Waals surface area contributed by atoms with E-state index in [0.717, 1.165) is 18.5 Å². The van der Waals surface area contributed by atoms with Gasteiger partial charge in [0, 0.05) is 13.1 Å². The van der Waals surface area contributed by atoms with E-state index in [4.69, 9.17) is 0 Å². The summed E-state index contributed by atoms with van der Waals surface area (Å²) in [6.45, 7) is 9.31. The molecule has 114 valence electrons. The number of rotatable bonds is 3. The Labute approximate surface area is 125 Å². The molecule has 4 heteroatoms. The average Bonchev–Trinajstić information content (AvgIpc) is 2.89. The molecule has 2 rings (SSSR count). The molecule has 1 atom stereocenters. The topological polar surface area (TPSA) is 57.6 Å². The first-order valence-corrected chi connectivity index (χ1v) is 7.45. The molecule has 0 radical (unpaired) electrons.